The number of benzene rings is 2. The van der Waals surface area contributed by atoms with Crippen molar-refractivity contribution >= 4 is 11.7 Å². The molecule has 0 radical (unpaired) electrons. The first kappa shape index (κ1) is 14.9. The van der Waals surface area contributed by atoms with Crippen LogP contribution in [-0.2, 0) is 0 Å². The molecule has 0 aliphatic heterocycles. The number of para-hydroxylation sites is 1. The van der Waals surface area contributed by atoms with E-state index in [1.165, 1.54) is 5.56 Å². The van der Waals surface area contributed by atoms with Gasteiger partial charge in [-0.2, -0.15) is 0 Å². The van der Waals surface area contributed by atoms with Crippen LogP contribution in [0.4, 0.5) is 10.5 Å². The van der Waals surface area contributed by atoms with E-state index in [0.29, 0.717) is 13.2 Å². The average molecular weight is 284 g/mol. The molecule has 0 bridgehead atoms. The van der Waals surface area contributed by atoms with Crippen molar-refractivity contribution in [1.82, 2.24) is 5.32 Å². The van der Waals surface area contributed by atoms with Crippen LogP contribution in [0, 0.1) is 6.92 Å². The highest BCUT2D eigenvalue weighted by atomic mass is 16.5. The van der Waals surface area contributed by atoms with E-state index in [9.17, 15) is 4.79 Å². The molecule has 2 aromatic carbocycles. The molecule has 0 spiro atoms. The van der Waals surface area contributed by atoms with Crippen LogP contribution in [-0.4, -0.2) is 19.2 Å². The Kier molecular flexibility index (Phi) is 5.64. The van der Waals surface area contributed by atoms with Crippen molar-refractivity contribution < 1.29 is 9.53 Å². The lowest BCUT2D eigenvalue weighted by Crippen LogP contribution is -2.30. The molecule has 110 valence electrons. The lowest BCUT2D eigenvalue weighted by molar-refractivity contribution is 0.250. The van der Waals surface area contributed by atoms with Gasteiger partial charge in [0.1, 0.15) is 5.75 Å². The van der Waals surface area contributed by atoms with E-state index in [4.69, 9.17) is 4.74 Å². The molecule has 0 saturated heterocycles. The van der Waals surface area contributed by atoms with Crippen LogP contribution in [0.2, 0.25) is 0 Å². The summed E-state index contributed by atoms with van der Waals surface area (Å²) < 4.78 is 5.62. The number of amides is 2. The summed E-state index contributed by atoms with van der Waals surface area (Å²) >= 11 is 0. The van der Waals surface area contributed by atoms with Gasteiger partial charge >= 0.3 is 6.03 Å². The van der Waals surface area contributed by atoms with E-state index in [1.807, 2.05) is 61.5 Å². The number of rotatable bonds is 6. The second-order valence-electron chi connectivity index (χ2n) is 4.77. The molecule has 2 amide bonds. The molecule has 2 rings (SSSR count). The van der Waals surface area contributed by atoms with E-state index >= 15 is 0 Å². The van der Waals surface area contributed by atoms with Crippen LogP contribution in [0.25, 0.3) is 0 Å². The second kappa shape index (κ2) is 7.94. The van der Waals surface area contributed by atoms with Gasteiger partial charge in [0.25, 0.3) is 0 Å². The highest BCUT2D eigenvalue weighted by Gasteiger charge is 2.00. The minimum atomic E-state index is -0.197. The molecule has 0 aliphatic carbocycles. The number of carbonyl (C=O) groups is 1. The van der Waals surface area contributed by atoms with Crippen molar-refractivity contribution in [2.75, 3.05) is 18.5 Å². The van der Waals surface area contributed by atoms with Crippen molar-refractivity contribution in [3.63, 3.8) is 0 Å². The number of hydrogen-bond donors (Lipinski definition) is 2. The Hall–Kier alpha value is -2.49. The summed E-state index contributed by atoms with van der Waals surface area (Å²) in [6.07, 6.45) is 0.760. The van der Waals surface area contributed by atoms with Gasteiger partial charge in [0.05, 0.1) is 6.61 Å². The van der Waals surface area contributed by atoms with E-state index < -0.39 is 0 Å². The third-order valence-corrected chi connectivity index (χ3v) is 2.90. The zero-order valence-electron chi connectivity index (χ0n) is 12.1. The summed E-state index contributed by atoms with van der Waals surface area (Å²) in [5.74, 6) is 0.865. The SMILES string of the molecule is Cc1cccc(OCCCNC(=O)Nc2ccccc2)c1. The average Bonchev–Trinajstić information content (AvgIpc) is 2.48. The second-order valence-corrected chi connectivity index (χ2v) is 4.77. The van der Waals surface area contributed by atoms with Crippen LogP contribution in [0.15, 0.2) is 54.6 Å². The summed E-state index contributed by atoms with van der Waals surface area (Å²) in [6, 6.07) is 17.1. The Balaban J connectivity index is 1.60. The molecule has 2 N–H and O–H groups in total. The minimum Gasteiger partial charge on any atom is -0.494 e. The Morgan fingerprint density at radius 1 is 1.10 bits per heavy atom. The third kappa shape index (κ3) is 5.57. The van der Waals surface area contributed by atoms with Crippen molar-refractivity contribution in [1.29, 1.82) is 0 Å². The van der Waals surface area contributed by atoms with Crippen LogP contribution in [0.3, 0.4) is 0 Å². The summed E-state index contributed by atoms with van der Waals surface area (Å²) in [6.45, 7) is 3.18. The van der Waals surface area contributed by atoms with Gasteiger partial charge in [-0.15, -0.1) is 0 Å². The predicted octanol–water partition coefficient (Wildman–Crippen LogP) is 3.59. The van der Waals surface area contributed by atoms with E-state index in [2.05, 4.69) is 10.6 Å². The summed E-state index contributed by atoms with van der Waals surface area (Å²) in [5, 5.41) is 5.57. The Morgan fingerprint density at radius 3 is 2.67 bits per heavy atom. The maximum Gasteiger partial charge on any atom is 0.319 e. The molecule has 4 nitrogen and oxygen atoms in total. The van der Waals surface area contributed by atoms with Gasteiger partial charge in [0, 0.05) is 12.2 Å². The van der Waals surface area contributed by atoms with Crippen molar-refractivity contribution in [2.45, 2.75) is 13.3 Å². The molecular weight excluding hydrogens is 264 g/mol. The largest absolute Gasteiger partial charge is 0.494 e. The van der Waals surface area contributed by atoms with Gasteiger partial charge in [-0.05, 0) is 43.2 Å². The first-order chi connectivity index (χ1) is 10.2. The lowest BCUT2D eigenvalue weighted by atomic mass is 10.2. The fourth-order valence-electron chi connectivity index (χ4n) is 1.87. The smallest absolute Gasteiger partial charge is 0.319 e. The number of ether oxygens (including phenoxy) is 1. The monoisotopic (exact) mass is 284 g/mol. The molecule has 0 fully saturated rings. The fraction of sp³-hybridized carbons (Fsp3) is 0.235. The van der Waals surface area contributed by atoms with Gasteiger partial charge in [0.15, 0.2) is 0 Å². The molecule has 0 heterocycles. The minimum absolute atomic E-state index is 0.197. The highest BCUT2D eigenvalue weighted by molar-refractivity contribution is 5.89. The maximum absolute atomic E-state index is 11.6. The van der Waals surface area contributed by atoms with Gasteiger partial charge in [-0.1, -0.05) is 30.3 Å². The Morgan fingerprint density at radius 2 is 1.90 bits per heavy atom. The summed E-state index contributed by atoms with van der Waals surface area (Å²) in [4.78, 5) is 11.6. The quantitative estimate of drug-likeness (QED) is 0.796. The Bertz CT molecular complexity index is 570. The maximum atomic E-state index is 11.6. The first-order valence-electron chi connectivity index (χ1n) is 7.03. The highest BCUT2D eigenvalue weighted by Crippen LogP contribution is 2.12. The molecule has 0 atom stereocenters. The van der Waals surface area contributed by atoms with Crippen LogP contribution >= 0.6 is 0 Å². The molecule has 4 heteroatoms. The molecule has 21 heavy (non-hydrogen) atoms. The normalized spacial score (nSPS) is 9.95. The van der Waals surface area contributed by atoms with Crippen molar-refractivity contribution in [3.05, 3.63) is 60.2 Å². The zero-order valence-corrected chi connectivity index (χ0v) is 12.1. The number of nitrogens with one attached hydrogen (secondary N) is 2. The number of aryl methyl sites for hydroxylation is 1. The number of hydrogen-bond acceptors (Lipinski definition) is 2. The van der Waals surface area contributed by atoms with Gasteiger partial charge in [0.2, 0.25) is 0 Å². The van der Waals surface area contributed by atoms with Gasteiger partial charge < -0.3 is 15.4 Å². The molecular formula is C17H20N2O2. The summed E-state index contributed by atoms with van der Waals surface area (Å²) in [5.41, 5.74) is 1.96. The third-order valence-electron chi connectivity index (χ3n) is 2.90. The predicted molar refractivity (Wildman–Crippen MR) is 84.8 cm³/mol. The number of anilines is 1. The van der Waals surface area contributed by atoms with Crippen LogP contribution in [0.1, 0.15) is 12.0 Å². The lowest BCUT2D eigenvalue weighted by Gasteiger charge is -2.09. The topological polar surface area (TPSA) is 50.4 Å². The first-order valence-corrected chi connectivity index (χ1v) is 7.03. The number of urea groups is 1. The van der Waals surface area contributed by atoms with Crippen molar-refractivity contribution in [3.8, 4) is 5.75 Å². The molecule has 0 unspecified atom stereocenters. The standard InChI is InChI=1S/C17H20N2O2/c1-14-7-5-10-16(13-14)21-12-6-11-18-17(20)19-15-8-3-2-4-9-15/h2-5,7-10,13H,6,11-12H2,1H3,(H2,18,19,20). The summed E-state index contributed by atoms with van der Waals surface area (Å²) in [7, 11) is 0. The molecule has 0 aromatic heterocycles. The Labute approximate surface area is 125 Å². The fourth-order valence-corrected chi connectivity index (χ4v) is 1.87. The molecule has 0 aliphatic rings. The van der Waals surface area contributed by atoms with Gasteiger partial charge in [-0.25, -0.2) is 4.79 Å². The molecule has 2 aromatic rings. The van der Waals surface area contributed by atoms with Gasteiger partial charge in [-0.3, -0.25) is 0 Å². The number of carbonyl (C=O) groups excluding carboxylic acids is 1. The van der Waals surface area contributed by atoms with E-state index in [1.54, 1.807) is 0 Å². The van der Waals surface area contributed by atoms with E-state index in [-0.39, 0.29) is 6.03 Å². The van der Waals surface area contributed by atoms with Crippen LogP contribution in [0.5, 0.6) is 5.75 Å². The van der Waals surface area contributed by atoms with Crippen LogP contribution < -0.4 is 15.4 Å². The van der Waals surface area contributed by atoms with E-state index in [0.717, 1.165) is 17.9 Å². The zero-order chi connectivity index (χ0) is 14.9. The van der Waals surface area contributed by atoms with Crippen molar-refractivity contribution in [2.24, 2.45) is 0 Å². The molecule has 0 saturated carbocycles.